The summed E-state index contributed by atoms with van der Waals surface area (Å²) >= 11 is 0. The molecular weight excluding hydrogens is 266 g/mol. The van der Waals surface area contributed by atoms with Crippen LogP contribution in [0.15, 0.2) is 30.5 Å². The van der Waals surface area contributed by atoms with Crippen LogP contribution in [0, 0.1) is 6.92 Å². The minimum absolute atomic E-state index is 0.0323. The standard InChI is InChI=1S/C16H19N3O2/c1-11-13(10-18-19-11)6-4-8-17-16(20)15-9-12-5-2-3-7-14(12)21-15/h2-3,5,7,10,15H,4,6,8-9H2,1H3,(H,17,20)(H,18,19). The molecule has 2 N–H and O–H groups in total. The number of nitrogens with zero attached hydrogens (tertiary/aromatic N) is 1. The van der Waals surface area contributed by atoms with Crippen LogP contribution < -0.4 is 10.1 Å². The molecule has 0 radical (unpaired) electrons. The average molecular weight is 285 g/mol. The molecule has 1 aliphatic rings. The molecule has 0 fully saturated rings. The number of nitrogens with one attached hydrogen (secondary N) is 2. The van der Waals surface area contributed by atoms with Crippen molar-refractivity contribution in [3.8, 4) is 5.75 Å². The van der Waals surface area contributed by atoms with Gasteiger partial charge in [0, 0.05) is 18.7 Å². The summed E-state index contributed by atoms with van der Waals surface area (Å²) in [5.41, 5.74) is 3.40. The molecule has 0 saturated heterocycles. The van der Waals surface area contributed by atoms with Crippen molar-refractivity contribution in [3.05, 3.63) is 47.3 Å². The van der Waals surface area contributed by atoms with Crippen LogP contribution in [0.1, 0.15) is 23.2 Å². The van der Waals surface area contributed by atoms with E-state index in [1.165, 1.54) is 5.56 Å². The quantitative estimate of drug-likeness (QED) is 0.823. The van der Waals surface area contributed by atoms with E-state index >= 15 is 0 Å². The number of amides is 1. The first-order chi connectivity index (χ1) is 10.2. The number of carbonyl (C=O) groups is 1. The molecule has 0 spiro atoms. The molecule has 1 aliphatic heterocycles. The predicted molar refractivity (Wildman–Crippen MR) is 79.2 cm³/mol. The van der Waals surface area contributed by atoms with Crippen LogP contribution in [0.5, 0.6) is 5.75 Å². The van der Waals surface area contributed by atoms with E-state index < -0.39 is 6.10 Å². The second-order valence-corrected chi connectivity index (χ2v) is 5.33. The molecule has 2 aromatic rings. The molecule has 21 heavy (non-hydrogen) atoms. The van der Waals surface area contributed by atoms with Crippen molar-refractivity contribution >= 4 is 5.91 Å². The summed E-state index contributed by atoms with van der Waals surface area (Å²) in [7, 11) is 0. The van der Waals surface area contributed by atoms with Gasteiger partial charge in [0.1, 0.15) is 5.75 Å². The van der Waals surface area contributed by atoms with E-state index in [1.807, 2.05) is 37.4 Å². The Balaban J connectivity index is 1.43. The van der Waals surface area contributed by atoms with Gasteiger partial charge >= 0.3 is 0 Å². The molecule has 110 valence electrons. The summed E-state index contributed by atoms with van der Waals surface area (Å²) in [5, 5.41) is 9.85. The first-order valence-corrected chi connectivity index (χ1v) is 7.25. The number of aryl methyl sites for hydroxylation is 2. The fraction of sp³-hybridized carbons (Fsp3) is 0.375. The molecule has 5 heteroatoms. The summed E-state index contributed by atoms with van der Waals surface area (Å²) < 4.78 is 5.66. The molecular formula is C16H19N3O2. The number of benzene rings is 1. The lowest BCUT2D eigenvalue weighted by Gasteiger charge is -2.11. The lowest BCUT2D eigenvalue weighted by molar-refractivity contribution is -0.127. The Kier molecular flexibility index (Phi) is 3.90. The van der Waals surface area contributed by atoms with Gasteiger partial charge in [-0.05, 0) is 37.0 Å². The number of hydrogen-bond donors (Lipinski definition) is 2. The molecule has 0 saturated carbocycles. The maximum atomic E-state index is 12.1. The Morgan fingerprint density at radius 1 is 1.48 bits per heavy atom. The van der Waals surface area contributed by atoms with E-state index in [0.29, 0.717) is 13.0 Å². The second-order valence-electron chi connectivity index (χ2n) is 5.33. The van der Waals surface area contributed by atoms with Crippen LogP contribution in [0.4, 0.5) is 0 Å². The Labute approximate surface area is 123 Å². The second kappa shape index (κ2) is 5.99. The van der Waals surface area contributed by atoms with Gasteiger partial charge in [0.25, 0.3) is 5.91 Å². The van der Waals surface area contributed by atoms with E-state index in [1.54, 1.807) is 0 Å². The topological polar surface area (TPSA) is 67.0 Å². The van der Waals surface area contributed by atoms with Crippen LogP contribution >= 0.6 is 0 Å². The first-order valence-electron chi connectivity index (χ1n) is 7.25. The van der Waals surface area contributed by atoms with Crippen molar-refractivity contribution < 1.29 is 9.53 Å². The van der Waals surface area contributed by atoms with Gasteiger partial charge in [0.15, 0.2) is 6.10 Å². The molecule has 3 rings (SSSR count). The summed E-state index contributed by atoms with van der Waals surface area (Å²) in [4.78, 5) is 12.1. The molecule has 1 aromatic heterocycles. The normalized spacial score (nSPS) is 16.3. The van der Waals surface area contributed by atoms with Crippen LogP contribution in [0.3, 0.4) is 0 Å². The van der Waals surface area contributed by atoms with Gasteiger partial charge in [-0.25, -0.2) is 0 Å². The van der Waals surface area contributed by atoms with Gasteiger partial charge in [-0.2, -0.15) is 5.10 Å². The fourth-order valence-corrected chi connectivity index (χ4v) is 2.56. The Morgan fingerprint density at radius 2 is 2.33 bits per heavy atom. The van der Waals surface area contributed by atoms with Gasteiger partial charge in [0.2, 0.25) is 0 Å². The van der Waals surface area contributed by atoms with Crippen molar-refractivity contribution in [1.82, 2.24) is 15.5 Å². The van der Waals surface area contributed by atoms with Crippen molar-refractivity contribution in [2.24, 2.45) is 0 Å². The van der Waals surface area contributed by atoms with Gasteiger partial charge in [-0.15, -0.1) is 0 Å². The maximum Gasteiger partial charge on any atom is 0.261 e. The zero-order chi connectivity index (χ0) is 14.7. The smallest absolute Gasteiger partial charge is 0.261 e. The average Bonchev–Trinajstić information content (AvgIpc) is 3.09. The number of hydrogen-bond acceptors (Lipinski definition) is 3. The number of rotatable bonds is 5. The van der Waals surface area contributed by atoms with Gasteiger partial charge in [-0.1, -0.05) is 18.2 Å². The Hall–Kier alpha value is -2.30. The molecule has 1 aromatic carbocycles. The van der Waals surface area contributed by atoms with Gasteiger partial charge < -0.3 is 10.1 Å². The van der Waals surface area contributed by atoms with Crippen molar-refractivity contribution in [2.75, 3.05) is 6.54 Å². The number of fused-ring (bicyclic) bond motifs is 1. The number of aromatic nitrogens is 2. The van der Waals surface area contributed by atoms with Crippen LogP contribution in [0.25, 0.3) is 0 Å². The monoisotopic (exact) mass is 285 g/mol. The van der Waals surface area contributed by atoms with Crippen molar-refractivity contribution in [2.45, 2.75) is 32.3 Å². The number of aromatic amines is 1. The van der Waals surface area contributed by atoms with Crippen LogP contribution in [-0.2, 0) is 17.6 Å². The third-order valence-electron chi connectivity index (χ3n) is 3.80. The summed E-state index contributed by atoms with van der Waals surface area (Å²) in [5.74, 6) is 0.793. The van der Waals surface area contributed by atoms with Crippen LogP contribution in [0.2, 0.25) is 0 Å². The molecule has 2 heterocycles. The van der Waals surface area contributed by atoms with E-state index in [9.17, 15) is 4.79 Å². The Bertz CT molecular complexity index is 611. The lowest BCUT2D eigenvalue weighted by Crippen LogP contribution is -2.38. The van der Waals surface area contributed by atoms with E-state index in [-0.39, 0.29) is 5.91 Å². The van der Waals surface area contributed by atoms with E-state index in [4.69, 9.17) is 4.74 Å². The minimum atomic E-state index is -0.391. The highest BCUT2D eigenvalue weighted by molar-refractivity contribution is 5.82. The summed E-state index contributed by atoms with van der Waals surface area (Å²) in [6.07, 6.45) is 3.91. The third-order valence-corrected chi connectivity index (χ3v) is 3.80. The zero-order valence-electron chi connectivity index (χ0n) is 12.1. The molecule has 5 nitrogen and oxygen atoms in total. The third kappa shape index (κ3) is 3.07. The zero-order valence-corrected chi connectivity index (χ0v) is 12.1. The largest absolute Gasteiger partial charge is 0.480 e. The summed E-state index contributed by atoms with van der Waals surface area (Å²) in [6.45, 7) is 2.66. The summed E-state index contributed by atoms with van der Waals surface area (Å²) in [6, 6.07) is 7.80. The molecule has 0 aliphatic carbocycles. The fourth-order valence-electron chi connectivity index (χ4n) is 2.56. The van der Waals surface area contributed by atoms with Crippen molar-refractivity contribution in [1.29, 1.82) is 0 Å². The highest BCUT2D eigenvalue weighted by Crippen LogP contribution is 2.28. The highest BCUT2D eigenvalue weighted by Gasteiger charge is 2.28. The number of H-pyrrole nitrogens is 1. The highest BCUT2D eigenvalue weighted by atomic mass is 16.5. The molecule has 0 bridgehead atoms. The number of ether oxygens (including phenoxy) is 1. The molecule has 1 unspecified atom stereocenters. The minimum Gasteiger partial charge on any atom is -0.480 e. The van der Waals surface area contributed by atoms with E-state index in [2.05, 4.69) is 15.5 Å². The molecule has 1 atom stereocenters. The first kappa shape index (κ1) is 13.7. The maximum absolute atomic E-state index is 12.1. The number of para-hydroxylation sites is 1. The van der Waals surface area contributed by atoms with Gasteiger partial charge in [-0.3, -0.25) is 9.89 Å². The van der Waals surface area contributed by atoms with Gasteiger partial charge in [0.05, 0.1) is 6.20 Å². The lowest BCUT2D eigenvalue weighted by atomic mass is 10.1. The Morgan fingerprint density at radius 3 is 3.10 bits per heavy atom. The van der Waals surface area contributed by atoms with Crippen molar-refractivity contribution in [3.63, 3.8) is 0 Å². The SMILES string of the molecule is Cc1[nH]ncc1CCCNC(=O)C1Cc2ccccc2O1. The number of carbonyl (C=O) groups excluding carboxylic acids is 1. The molecule has 1 amide bonds. The van der Waals surface area contributed by atoms with Crippen LogP contribution in [-0.4, -0.2) is 28.8 Å². The van der Waals surface area contributed by atoms with E-state index in [0.717, 1.165) is 29.8 Å². The predicted octanol–water partition coefficient (Wildman–Crippen LogP) is 1.77.